The number of halogens is 3. The second-order valence-electron chi connectivity index (χ2n) is 4.61. The number of hydrogen-bond acceptors (Lipinski definition) is 2. The summed E-state index contributed by atoms with van der Waals surface area (Å²) in [5.74, 6) is -0.603. The van der Waals surface area contributed by atoms with Gasteiger partial charge in [0.2, 0.25) is 0 Å². The maximum absolute atomic E-state index is 12.6. The summed E-state index contributed by atoms with van der Waals surface area (Å²) in [7, 11) is 0. The molecule has 0 saturated carbocycles. The van der Waals surface area contributed by atoms with Crippen molar-refractivity contribution in [1.82, 2.24) is 0 Å². The molecule has 1 amide bonds. The SMILES string of the molecule is Cc1cc(N)ccc1NC(=O)c1cccc(C(F)(F)F)c1. The highest BCUT2D eigenvalue weighted by Gasteiger charge is 2.30. The summed E-state index contributed by atoms with van der Waals surface area (Å²) < 4.78 is 37.9. The molecule has 0 saturated heterocycles. The second kappa shape index (κ2) is 5.47. The lowest BCUT2D eigenvalue weighted by Crippen LogP contribution is -2.14. The molecule has 110 valence electrons. The number of nitrogens with two attached hydrogens (primary N) is 1. The molecule has 2 aromatic rings. The van der Waals surface area contributed by atoms with Crippen LogP contribution in [0.5, 0.6) is 0 Å². The van der Waals surface area contributed by atoms with Crippen LogP contribution in [-0.4, -0.2) is 5.91 Å². The average molecular weight is 294 g/mol. The minimum Gasteiger partial charge on any atom is -0.399 e. The molecule has 6 heteroatoms. The van der Waals surface area contributed by atoms with Crippen LogP contribution in [0.1, 0.15) is 21.5 Å². The van der Waals surface area contributed by atoms with E-state index < -0.39 is 17.6 Å². The zero-order valence-electron chi connectivity index (χ0n) is 11.2. The van der Waals surface area contributed by atoms with Crippen LogP contribution < -0.4 is 11.1 Å². The Morgan fingerprint density at radius 2 is 1.86 bits per heavy atom. The van der Waals surface area contributed by atoms with E-state index in [0.717, 1.165) is 17.7 Å². The molecule has 0 radical (unpaired) electrons. The Hall–Kier alpha value is -2.50. The quantitative estimate of drug-likeness (QED) is 0.827. The number of rotatable bonds is 2. The lowest BCUT2D eigenvalue weighted by atomic mass is 10.1. The molecule has 0 bridgehead atoms. The van der Waals surface area contributed by atoms with Gasteiger partial charge in [-0.2, -0.15) is 13.2 Å². The maximum atomic E-state index is 12.6. The molecule has 0 heterocycles. The van der Waals surface area contributed by atoms with Gasteiger partial charge < -0.3 is 11.1 Å². The van der Waals surface area contributed by atoms with Crippen LogP contribution in [-0.2, 0) is 6.18 Å². The number of nitrogens with one attached hydrogen (secondary N) is 1. The summed E-state index contributed by atoms with van der Waals surface area (Å²) in [5.41, 5.74) is 6.47. The van der Waals surface area contributed by atoms with Crippen molar-refractivity contribution >= 4 is 17.3 Å². The molecule has 0 aromatic heterocycles. The molecule has 0 aliphatic rings. The fourth-order valence-electron chi connectivity index (χ4n) is 1.86. The summed E-state index contributed by atoms with van der Waals surface area (Å²) in [6.07, 6.45) is -4.48. The number of carbonyl (C=O) groups excluding carboxylic acids is 1. The number of carbonyl (C=O) groups is 1. The summed E-state index contributed by atoms with van der Waals surface area (Å²) in [6, 6.07) is 9.16. The average Bonchev–Trinajstić information content (AvgIpc) is 2.41. The largest absolute Gasteiger partial charge is 0.416 e. The van der Waals surface area contributed by atoms with E-state index in [-0.39, 0.29) is 5.56 Å². The zero-order chi connectivity index (χ0) is 15.6. The first-order chi connectivity index (χ1) is 9.77. The van der Waals surface area contributed by atoms with Crippen LogP contribution in [0.15, 0.2) is 42.5 Å². The van der Waals surface area contributed by atoms with Crippen molar-refractivity contribution in [3.63, 3.8) is 0 Å². The lowest BCUT2D eigenvalue weighted by Gasteiger charge is -2.11. The van der Waals surface area contributed by atoms with E-state index in [1.54, 1.807) is 25.1 Å². The fraction of sp³-hybridized carbons (Fsp3) is 0.133. The van der Waals surface area contributed by atoms with Gasteiger partial charge in [-0.1, -0.05) is 6.07 Å². The molecule has 0 fully saturated rings. The monoisotopic (exact) mass is 294 g/mol. The third kappa shape index (κ3) is 3.53. The Balaban J connectivity index is 2.25. The molecule has 21 heavy (non-hydrogen) atoms. The number of hydrogen-bond donors (Lipinski definition) is 2. The molecule has 3 N–H and O–H groups in total. The predicted molar refractivity (Wildman–Crippen MR) is 75.0 cm³/mol. The van der Waals surface area contributed by atoms with Gasteiger partial charge in [0.25, 0.3) is 5.91 Å². The highest BCUT2D eigenvalue weighted by atomic mass is 19.4. The Kier molecular flexibility index (Phi) is 3.88. The summed E-state index contributed by atoms with van der Waals surface area (Å²) in [5, 5.41) is 2.57. The topological polar surface area (TPSA) is 55.1 Å². The molecule has 0 aliphatic carbocycles. The number of amides is 1. The maximum Gasteiger partial charge on any atom is 0.416 e. The van der Waals surface area contributed by atoms with Crippen molar-refractivity contribution in [3.8, 4) is 0 Å². The Morgan fingerprint density at radius 3 is 2.48 bits per heavy atom. The third-order valence-electron chi connectivity index (χ3n) is 2.95. The van der Waals surface area contributed by atoms with Gasteiger partial charge in [-0.25, -0.2) is 0 Å². The van der Waals surface area contributed by atoms with E-state index in [1.165, 1.54) is 12.1 Å². The highest BCUT2D eigenvalue weighted by molar-refractivity contribution is 6.04. The van der Waals surface area contributed by atoms with Crippen LogP contribution in [0.25, 0.3) is 0 Å². The van der Waals surface area contributed by atoms with Crippen molar-refractivity contribution in [1.29, 1.82) is 0 Å². The van der Waals surface area contributed by atoms with Gasteiger partial charge in [-0.15, -0.1) is 0 Å². The molecule has 0 spiro atoms. The van der Waals surface area contributed by atoms with Crippen molar-refractivity contribution in [2.45, 2.75) is 13.1 Å². The summed E-state index contributed by atoms with van der Waals surface area (Å²) >= 11 is 0. The zero-order valence-corrected chi connectivity index (χ0v) is 11.2. The lowest BCUT2D eigenvalue weighted by molar-refractivity contribution is -0.137. The fourth-order valence-corrected chi connectivity index (χ4v) is 1.86. The molecule has 0 atom stereocenters. The van der Waals surface area contributed by atoms with Gasteiger partial charge in [-0.05, 0) is 48.9 Å². The van der Waals surface area contributed by atoms with E-state index in [1.807, 2.05) is 0 Å². The minimum atomic E-state index is -4.48. The number of anilines is 2. The van der Waals surface area contributed by atoms with Crippen molar-refractivity contribution in [2.75, 3.05) is 11.1 Å². The predicted octanol–water partition coefficient (Wildman–Crippen LogP) is 3.85. The highest BCUT2D eigenvalue weighted by Crippen LogP contribution is 2.29. The number of alkyl halides is 3. The van der Waals surface area contributed by atoms with Crippen LogP contribution in [0.4, 0.5) is 24.5 Å². The van der Waals surface area contributed by atoms with Crippen molar-refractivity contribution < 1.29 is 18.0 Å². The van der Waals surface area contributed by atoms with Gasteiger partial charge in [0.05, 0.1) is 5.56 Å². The molecule has 0 aliphatic heterocycles. The number of nitrogen functional groups attached to an aromatic ring is 1. The standard InChI is InChI=1S/C15H13F3N2O/c1-9-7-12(19)5-6-13(9)20-14(21)10-3-2-4-11(8-10)15(16,17)18/h2-8H,19H2,1H3,(H,20,21). The normalized spacial score (nSPS) is 11.2. The van der Waals surface area contributed by atoms with Crippen LogP contribution in [0, 0.1) is 6.92 Å². The third-order valence-corrected chi connectivity index (χ3v) is 2.95. The van der Waals surface area contributed by atoms with E-state index in [2.05, 4.69) is 5.32 Å². The van der Waals surface area contributed by atoms with Gasteiger partial charge in [-0.3, -0.25) is 4.79 Å². The van der Waals surface area contributed by atoms with E-state index in [0.29, 0.717) is 11.4 Å². The van der Waals surface area contributed by atoms with Crippen LogP contribution >= 0.6 is 0 Å². The molecular formula is C15H13F3N2O. The first kappa shape index (κ1) is 14.9. The minimum absolute atomic E-state index is 0.0546. The summed E-state index contributed by atoms with van der Waals surface area (Å²) in [4.78, 5) is 12.0. The first-order valence-electron chi connectivity index (χ1n) is 6.12. The summed E-state index contributed by atoms with van der Waals surface area (Å²) in [6.45, 7) is 1.75. The Morgan fingerprint density at radius 1 is 1.14 bits per heavy atom. The van der Waals surface area contributed by atoms with Crippen molar-refractivity contribution in [2.24, 2.45) is 0 Å². The Labute approximate surface area is 119 Å². The molecule has 2 rings (SSSR count). The molecule has 0 unspecified atom stereocenters. The molecular weight excluding hydrogens is 281 g/mol. The smallest absolute Gasteiger partial charge is 0.399 e. The van der Waals surface area contributed by atoms with Gasteiger partial charge >= 0.3 is 6.18 Å². The Bertz CT molecular complexity index is 681. The van der Waals surface area contributed by atoms with E-state index in [4.69, 9.17) is 5.73 Å². The van der Waals surface area contributed by atoms with Gasteiger partial charge in [0.15, 0.2) is 0 Å². The van der Waals surface area contributed by atoms with Crippen LogP contribution in [0.2, 0.25) is 0 Å². The van der Waals surface area contributed by atoms with Crippen molar-refractivity contribution in [3.05, 3.63) is 59.2 Å². The second-order valence-corrected chi connectivity index (χ2v) is 4.61. The van der Waals surface area contributed by atoms with E-state index >= 15 is 0 Å². The molecule has 3 nitrogen and oxygen atoms in total. The molecule has 2 aromatic carbocycles. The number of aryl methyl sites for hydroxylation is 1. The van der Waals surface area contributed by atoms with Crippen LogP contribution in [0.3, 0.4) is 0 Å². The van der Waals surface area contributed by atoms with E-state index in [9.17, 15) is 18.0 Å². The first-order valence-corrected chi connectivity index (χ1v) is 6.12. The number of benzene rings is 2. The van der Waals surface area contributed by atoms with Gasteiger partial charge in [0.1, 0.15) is 0 Å². The van der Waals surface area contributed by atoms with Gasteiger partial charge in [0, 0.05) is 16.9 Å².